The molecule has 2 fully saturated rings. The first-order valence-electron chi connectivity index (χ1n) is 26.1. The third-order valence-electron chi connectivity index (χ3n) is 17.8. The minimum atomic E-state index is -2.19. The Labute approximate surface area is 441 Å². The van der Waals surface area contributed by atoms with E-state index in [0.29, 0.717) is 40.4 Å². The molecule has 9 rings (SSSR count). The maximum absolute atomic E-state index is 14.2. The lowest BCUT2D eigenvalue weighted by Crippen LogP contribution is -2.69. The number of Topliss-reactive ketones (excluding diaryl/α,β-unsaturated/α-hetero) is 1. The second-order valence-electron chi connectivity index (χ2n) is 24.9. The van der Waals surface area contributed by atoms with Crippen LogP contribution in [0.4, 0.5) is 0 Å². The number of ketones is 1. The van der Waals surface area contributed by atoms with Crippen molar-refractivity contribution in [2.45, 2.75) is 150 Å². The van der Waals surface area contributed by atoms with Crippen LogP contribution in [0.2, 0.25) is 18.1 Å². The smallest absolute Gasteiger partial charge is 0.351 e. The normalized spacial score (nSPS) is 27.4. The molecule has 6 heterocycles. The van der Waals surface area contributed by atoms with Gasteiger partial charge in [-0.3, -0.25) is 14.8 Å². The number of benzene rings is 1. The van der Waals surface area contributed by atoms with E-state index in [1.165, 1.54) is 0 Å². The Morgan fingerprint density at radius 2 is 1.28 bits per heavy atom. The standard InChI is InChI=1S/C31H32N2O6.C29H41NO5Si/c1-17(2)21-13-24(38-28(35)19-10-8-18(15-32)9-11-19)31(5)27(30(21,3)4)26(34)25-23(39-31)14-22(37-29(25)36)20-7-6-12-33-16-20;1-17(2)19-14-22(35-36(9,10)27(3,4)5)29(8)25(28(19,6)7)24(31)23-21(34-29)15-20(33-26(23)32)18-12-11-13-30-16-18/h6-12,14,16-17,21,24,26-27,34H,13H2,1-5H3;11-13,15-17,19,22,25H,14H2,1-10H3/t21-,24-,26-,27+,31+;19-,22-,25+,29+/m00/s1. The summed E-state index contributed by atoms with van der Waals surface area (Å²) in [7, 11) is -2.19. The van der Waals surface area contributed by atoms with Crippen LogP contribution in [0.1, 0.15) is 141 Å². The van der Waals surface area contributed by atoms with E-state index < -0.39 is 71.6 Å². The number of hydrogen-bond acceptors (Lipinski definition) is 14. The fourth-order valence-electron chi connectivity index (χ4n) is 13.1. The van der Waals surface area contributed by atoms with Gasteiger partial charge in [0.1, 0.15) is 51.5 Å². The number of aromatic nitrogens is 2. The monoisotopic (exact) mass is 1040 g/mol. The van der Waals surface area contributed by atoms with Crippen LogP contribution in [0.15, 0.2) is 104 Å². The zero-order chi connectivity index (χ0) is 55.0. The molecule has 2 aliphatic heterocycles. The van der Waals surface area contributed by atoms with Crippen LogP contribution in [-0.2, 0) is 9.16 Å². The molecule has 4 aliphatic rings. The van der Waals surface area contributed by atoms with Crippen LogP contribution < -0.4 is 20.7 Å². The zero-order valence-electron chi connectivity index (χ0n) is 46.1. The highest BCUT2D eigenvalue weighted by molar-refractivity contribution is 6.74. The molecule has 0 amide bonds. The SMILES string of the molecule is CC(C)[C@@H]1C[C@H](OC(=O)c2ccc(C#N)cc2)[C@@]2(C)Oc3cc(-c4cccnc4)oc(=O)c3[C@H](O)[C@@H]2C1(C)C.CC(C)[C@@H]1C[C@H](O[Si](C)(C)C(C)(C)C)[C@@]2(C)Oc3cc(-c4cccnc4)oc(=O)c3C(=O)[C@@H]2C1(C)C. The van der Waals surface area contributed by atoms with E-state index in [-0.39, 0.29) is 63.1 Å². The summed E-state index contributed by atoms with van der Waals surface area (Å²) in [6.07, 6.45) is 5.58. The number of pyridine rings is 2. The van der Waals surface area contributed by atoms with Gasteiger partial charge in [-0.15, -0.1) is 0 Å². The Hall–Kier alpha value is -6.21. The molecule has 14 nitrogen and oxygen atoms in total. The first-order chi connectivity index (χ1) is 35.0. The Kier molecular flexibility index (Phi) is 14.5. The third-order valence-corrected chi connectivity index (χ3v) is 22.2. The molecule has 0 saturated heterocycles. The number of carbonyl (C=O) groups excluding carboxylic acids is 2. The molecule has 0 unspecified atom stereocenters. The van der Waals surface area contributed by atoms with Gasteiger partial charge >= 0.3 is 17.2 Å². The second kappa shape index (κ2) is 19.7. The van der Waals surface area contributed by atoms with Crippen LogP contribution >= 0.6 is 0 Å². The van der Waals surface area contributed by atoms with Gasteiger partial charge < -0.3 is 32.6 Å². The van der Waals surface area contributed by atoms with Crippen LogP contribution in [0, 0.1) is 57.7 Å². The molecule has 0 spiro atoms. The van der Waals surface area contributed by atoms with E-state index in [0.717, 1.165) is 6.42 Å². The lowest BCUT2D eigenvalue weighted by molar-refractivity contribution is -0.219. The lowest BCUT2D eigenvalue weighted by Gasteiger charge is -2.60. The molecule has 15 heteroatoms. The van der Waals surface area contributed by atoms with Crippen molar-refractivity contribution in [2.24, 2.45) is 46.3 Å². The van der Waals surface area contributed by atoms with Gasteiger partial charge in [-0.25, -0.2) is 14.4 Å². The highest BCUT2D eigenvalue weighted by Gasteiger charge is 2.66. The Balaban J connectivity index is 0.000000200. The summed E-state index contributed by atoms with van der Waals surface area (Å²) in [4.78, 5) is 62.2. The largest absolute Gasteiger partial charge is 0.483 e. The molecule has 1 aromatic carbocycles. The zero-order valence-corrected chi connectivity index (χ0v) is 47.1. The highest BCUT2D eigenvalue weighted by atomic mass is 28.4. The van der Waals surface area contributed by atoms with Crippen LogP contribution in [0.3, 0.4) is 0 Å². The van der Waals surface area contributed by atoms with Crippen molar-refractivity contribution >= 4 is 20.1 Å². The molecule has 2 saturated carbocycles. The number of carbonyl (C=O) groups is 2. The van der Waals surface area contributed by atoms with Crippen molar-refractivity contribution in [1.82, 2.24) is 9.97 Å². The average Bonchev–Trinajstić information content (AvgIpc) is 3.32. The van der Waals surface area contributed by atoms with E-state index in [9.17, 15) is 24.3 Å². The lowest BCUT2D eigenvalue weighted by atomic mass is 9.51. The molecular formula is C60H73N3O11Si. The minimum Gasteiger partial charge on any atom is -0.483 e. The van der Waals surface area contributed by atoms with Crippen LogP contribution in [0.5, 0.6) is 11.5 Å². The van der Waals surface area contributed by atoms with Crippen molar-refractivity contribution in [3.05, 3.63) is 129 Å². The number of esters is 1. The highest BCUT2D eigenvalue weighted by Crippen LogP contribution is 2.62. The Bertz CT molecular complexity index is 3120. The first kappa shape index (κ1) is 55.0. The van der Waals surface area contributed by atoms with Gasteiger partial charge in [0.2, 0.25) is 0 Å². The Morgan fingerprint density at radius 1 is 0.760 bits per heavy atom. The van der Waals surface area contributed by atoms with E-state index in [1.807, 2.05) is 26.0 Å². The van der Waals surface area contributed by atoms with Crippen molar-refractivity contribution in [3.8, 4) is 40.2 Å². The van der Waals surface area contributed by atoms with Crippen LogP contribution in [0.25, 0.3) is 22.6 Å². The van der Waals surface area contributed by atoms with Crippen LogP contribution in [-0.4, -0.2) is 58.6 Å². The summed E-state index contributed by atoms with van der Waals surface area (Å²) >= 11 is 0. The van der Waals surface area contributed by atoms with Gasteiger partial charge in [0.05, 0.1) is 35.3 Å². The molecule has 5 aromatic rings. The number of aliphatic hydroxyl groups is 1. The molecule has 0 bridgehead atoms. The molecule has 1 N–H and O–H groups in total. The van der Waals surface area contributed by atoms with E-state index in [2.05, 4.69) is 99.2 Å². The molecule has 75 heavy (non-hydrogen) atoms. The van der Waals surface area contributed by atoms with Crippen molar-refractivity contribution in [2.75, 3.05) is 0 Å². The molecule has 0 radical (unpaired) electrons. The van der Waals surface area contributed by atoms with E-state index in [4.69, 9.17) is 32.7 Å². The third kappa shape index (κ3) is 9.71. The number of rotatable bonds is 8. The number of fused-ring (bicyclic) bond motifs is 4. The molecular weight excluding hydrogens is 967 g/mol. The summed E-state index contributed by atoms with van der Waals surface area (Å²) in [5, 5.41) is 20.9. The molecule has 9 atom stereocenters. The summed E-state index contributed by atoms with van der Waals surface area (Å²) < 4.78 is 37.8. The van der Waals surface area contributed by atoms with E-state index >= 15 is 0 Å². The topological polar surface area (TPSA) is 201 Å². The summed E-state index contributed by atoms with van der Waals surface area (Å²) in [6, 6.07) is 18.6. The Morgan fingerprint density at radius 3 is 1.80 bits per heavy atom. The van der Waals surface area contributed by atoms with E-state index in [1.54, 1.807) is 79.4 Å². The van der Waals surface area contributed by atoms with Crippen molar-refractivity contribution in [1.29, 1.82) is 5.26 Å². The molecule has 4 aromatic heterocycles. The van der Waals surface area contributed by atoms with Gasteiger partial charge in [0.15, 0.2) is 14.1 Å². The predicted octanol–water partition coefficient (Wildman–Crippen LogP) is 12.0. The summed E-state index contributed by atoms with van der Waals surface area (Å²) in [6.45, 7) is 32.0. The van der Waals surface area contributed by atoms with Crippen molar-refractivity contribution in [3.63, 3.8) is 0 Å². The maximum Gasteiger partial charge on any atom is 0.351 e. The maximum atomic E-state index is 14.2. The number of nitrogens with zero attached hydrogens (tertiary/aromatic N) is 3. The average molecular weight is 1040 g/mol. The first-order valence-corrected chi connectivity index (χ1v) is 29.0. The molecule has 2 aliphatic carbocycles. The van der Waals surface area contributed by atoms with Crippen molar-refractivity contribution < 1.29 is 42.2 Å². The van der Waals surface area contributed by atoms with Gasteiger partial charge in [0.25, 0.3) is 0 Å². The fraction of sp³-hybridized carbons (Fsp3) is 0.517. The number of aliphatic hydroxyl groups excluding tert-OH is 1. The number of ether oxygens (including phenoxy) is 3. The summed E-state index contributed by atoms with van der Waals surface area (Å²) in [5.41, 5.74) is -2.21. The predicted molar refractivity (Wildman–Crippen MR) is 287 cm³/mol. The molecule has 398 valence electrons. The number of nitriles is 1. The fourth-order valence-corrected chi connectivity index (χ4v) is 14.5. The quantitative estimate of drug-likeness (QED) is 0.114. The second-order valence-corrected chi connectivity index (χ2v) is 29.6. The minimum absolute atomic E-state index is 0.00425. The van der Waals surface area contributed by atoms with Gasteiger partial charge in [-0.2, -0.15) is 5.26 Å². The van der Waals surface area contributed by atoms with Gasteiger partial charge in [0, 0.05) is 54.0 Å². The van der Waals surface area contributed by atoms with Gasteiger partial charge in [-0.05, 0) is 128 Å². The van der Waals surface area contributed by atoms with Gasteiger partial charge in [-0.1, -0.05) is 76.2 Å². The number of hydrogen-bond donors (Lipinski definition) is 1. The summed E-state index contributed by atoms with van der Waals surface area (Å²) in [5.74, 6) is 0.0325.